The second-order valence-corrected chi connectivity index (χ2v) is 9.98. The van der Waals surface area contributed by atoms with Gasteiger partial charge in [0.05, 0.1) is 24.7 Å². The van der Waals surface area contributed by atoms with Crippen molar-refractivity contribution in [2.75, 3.05) is 20.2 Å². The molecule has 0 unspecified atom stereocenters. The minimum absolute atomic E-state index is 0.0241. The first-order valence-corrected chi connectivity index (χ1v) is 11.5. The van der Waals surface area contributed by atoms with Crippen LogP contribution in [0.25, 0.3) is 11.1 Å². The van der Waals surface area contributed by atoms with Crippen LogP contribution in [-0.2, 0) is 9.47 Å². The first-order chi connectivity index (χ1) is 16.0. The van der Waals surface area contributed by atoms with Gasteiger partial charge in [0.15, 0.2) is 5.78 Å². The van der Waals surface area contributed by atoms with Gasteiger partial charge in [-0.25, -0.2) is 14.6 Å². The zero-order valence-corrected chi connectivity index (χ0v) is 20.4. The van der Waals surface area contributed by atoms with Crippen LogP contribution in [0.1, 0.15) is 60.7 Å². The van der Waals surface area contributed by atoms with Crippen molar-refractivity contribution in [3.63, 3.8) is 0 Å². The molecule has 0 bridgehead atoms. The van der Waals surface area contributed by atoms with Crippen molar-refractivity contribution < 1.29 is 28.6 Å². The summed E-state index contributed by atoms with van der Waals surface area (Å²) in [5, 5.41) is 0.0487. The summed E-state index contributed by atoms with van der Waals surface area (Å²) >= 11 is 6.02. The summed E-state index contributed by atoms with van der Waals surface area (Å²) in [5.41, 5.74) is 0.776. The van der Waals surface area contributed by atoms with E-state index in [2.05, 4.69) is 4.98 Å². The molecule has 2 aliphatic heterocycles. The number of halogens is 1. The number of amides is 1. The van der Waals surface area contributed by atoms with Crippen LogP contribution in [0.4, 0.5) is 4.79 Å². The molecule has 0 N–H and O–H groups in total. The van der Waals surface area contributed by atoms with Crippen molar-refractivity contribution in [2.24, 2.45) is 0 Å². The second-order valence-electron chi connectivity index (χ2n) is 9.62. The molecule has 180 valence electrons. The number of esters is 1. The third-order valence-electron chi connectivity index (χ3n) is 5.99. The number of pyridine rings is 1. The lowest BCUT2D eigenvalue weighted by atomic mass is 9.82. The van der Waals surface area contributed by atoms with Crippen molar-refractivity contribution in [2.45, 2.75) is 51.2 Å². The quantitative estimate of drug-likeness (QED) is 0.439. The average Bonchev–Trinajstić information content (AvgIpc) is 2.78. The Hall–Kier alpha value is -3.13. The number of ketones is 1. The van der Waals surface area contributed by atoms with E-state index in [1.165, 1.54) is 7.11 Å². The number of rotatable bonds is 2. The van der Waals surface area contributed by atoms with Gasteiger partial charge >= 0.3 is 12.1 Å². The molecular formula is C25H27ClN2O6. The summed E-state index contributed by atoms with van der Waals surface area (Å²) in [5.74, 6) is -0.0962. The molecular weight excluding hydrogens is 460 g/mol. The third kappa shape index (κ3) is 4.87. The number of ether oxygens (including phenoxy) is 3. The van der Waals surface area contributed by atoms with E-state index in [1.807, 2.05) is 26.8 Å². The highest BCUT2D eigenvalue weighted by Gasteiger charge is 2.44. The van der Waals surface area contributed by atoms with Gasteiger partial charge in [0.1, 0.15) is 22.1 Å². The second kappa shape index (κ2) is 8.91. The Kier molecular flexibility index (Phi) is 6.29. The molecule has 1 saturated heterocycles. The van der Waals surface area contributed by atoms with Crippen LogP contribution in [0.2, 0.25) is 5.15 Å². The van der Waals surface area contributed by atoms with E-state index >= 15 is 0 Å². The number of nitrogens with zero attached hydrogens (tertiary/aromatic N) is 2. The van der Waals surface area contributed by atoms with Gasteiger partial charge in [-0.3, -0.25) is 4.79 Å². The molecule has 0 atom stereocenters. The van der Waals surface area contributed by atoms with Gasteiger partial charge in [-0.15, -0.1) is 0 Å². The van der Waals surface area contributed by atoms with E-state index in [4.69, 9.17) is 25.8 Å². The lowest BCUT2D eigenvalue weighted by molar-refractivity contribution is -0.0226. The fourth-order valence-corrected chi connectivity index (χ4v) is 4.42. The molecule has 0 radical (unpaired) electrons. The molecule has 1 spiro atoms. The fourth-order valence-electron chi connectivity index (χ4n) is 4.23. The molecule has 0 aliphatic carbocycles. The van der Waals surface area contributed by atoms with Gasteiger partial charge in [0.2, 0.25) is 0 Å². The van der Waals surface area contributed by atoms with Crippen molar-refractivity contribution >= 4 is 29.4 Å². The van der Waals surface area contributed by atoms with E-state index in [9.17, 15) is 14.4 Å². The molecule has 0 saturated carbocycles. The van der Waals surface area contributed by atoms with E-state index < -0.39 is 17.2 Å². The Morgan fingerprint density at radius 2 is 1.85 bits per heavy atom. The van der Waals surface area contributed by atoms with Crippen LogP contribution >= 0.6 is 11.6 Å². The molecule has 4 rings (SSSR count). The Balaban J connectivity index is 1.52. The van der Waals surface area contributed by atoms with Gasteiger partial charge < -0.3 is 19.1 Å². The number of aromatic nitrogens is 1. The number of carbonyl (C=O) groups excluding carboxylic acids is 3. The number of piperidine rings is 1. The van der Waals surface area contributed by atoms with Gasteiger partial charge in [-0.2, -0.15) is 0 Å². The molecule has 34 heavy (non-hydrogen) atoms. The monoisotopic (exact) mass is 486 g/mol. The molecule has 1 fully saturated rings. The Morgan fingerprint density at radius 3 is 2.50 bits per heavy atom. The van der Waals surface area contributed by atoms with E-state index in [-0.39, 0.29) is 29.0 Å². The van der Waals surface area contributed by atoms with Gasteiger partial charge in [0, 0.05) is 37.7 Å². The molecule has 3 heterocycles. The minimum atomic E-state index is -0.635. The van der Waals surface area contributed by atoms with Gasteiger partial charge in [-0.05, 0) is 44.5 Å². The van der Waals surface area contributed by atoms with E-state index in [0.29, 0.717) is 48.4 Å². The van der Waals surface area contributed by atoms with E-state index in [1.54, 1.807) is 29.3 Å². The lowest BCUT2D eigenvalue weighted by Gasteiger charge is -2.44. The first-order valence-electron chi connectivity index (χ1n) is 11.1. The Morgan fingerprint density at radius 1 is 1.15 bits per heavy atom. The maximum atomic E-state index is 13.1. The van der Waals surface area contributed by atoms with Gasteiger partial charge in [0.25, 0.3) is 0 Å². The number of fused-ring (bicyclic) bond motifs is 1. The number of likely N-dealkylation sites (tertiary alicyclic amines) is 1. The predicted octanol–water partition coefficient (Wildman–Crippen LogP) is 4.92. The summed E-state index contributed by atoms with van der Waals surface area (Å²) in [6.07, 6.45) is 2.51. The maximum Gasteiger partial charge on any atom is 0.410 e. The fraction of sp³-hybridized carbons (Fsp3) is 0.440. The van der Waals surface area contributed by atoms with Crippen molar-refractivity contribution in [3.05, 3.63) is 46.7 Å². The van der Waals surface area contributed by atoms with Crippen LogP contribution in [-0.4, -0.2) is 59.1 Å². The summed E-state index contributed by atoms with van der Waals surface area (Å²) in [4.78, 5) is 43.2. The molecule has 1 aromatic carbocycles. The number of Topliss-reactive ketones (excluding diaryl/α,β-unsaturated/α-hetero) is 1. The van der Waals surface area contributed by atoms with Crippen LogP contribution in [0, 0.1) is 0 Å². The highest BCUT2D eigenvalue weighted by atomic mass is 35.5. The molecule has 8 nitrogen and oxygen atoms in total. The molecule has 2 aromatic rings. The highest BCUT2D eigenvalue weighted by molar-refractivity contribution is 6.32. The SMILES string of the molecule is COC(=O)c1cc(-c2ccc3c(c2)C(=O)CC2(CCN(C(=O)OC(C)(C)C)CC2)O3)cnc1Cl. The molecule has 1 aromatic heterocycles. The summed E-state index contributed by atoms with van der Waals surface area (Å²) in [6.45, 7) is 6.42. The van der Waals surface area contributed by atoms with Crippen molar-refractivity contribution in [3.8, 4) is 16.9 Å². The number of carbonyl (C=O) groups is 3. The normalized spacial score (nSPS) is 17.1. The first kappa shape index (κ1) is 24.0. The van der Waals surface area contributed by atoms with Crippen molar-refractivity contribution in [1.29, 1.82) is 0 Å². The molecule has 1 amide bonds. The maximum absolute atomic E-state index is 13.1. The van der Waals surface area contributed by atoms with Crippen molar-refractivity contribution in [1.82, 2.24) is 9.88 Å². The standard InChI is InChI=1S/C25H27ClN2O6/c1-24(2,3)34-23(31)28-9-7-25(8-10-28)13-19(29)17-11-15(5-6-20(17)33-25)16-12-18(22(30)32-4)21(26)27-14-16/h5-6,11-12,14H,7-10,13H2,1-4H3. The topological polar surface area (TPSA) is 95.0 Å². The van der Waals surface area contributed by atoms with Crippen LogP contribution in [0.3, 0.4) is 0 Å². The smallest absolute Gasteiger partial charge is 0.410 e. The predicted molar refractivity (Wildman–Crippen MR) is 125 cm³/mol. The number of hydrogen-bond acceptors (Lipinski definition) is 7. The summed E-state index contributed by atoms with van der Waals surface area (Å²) in [6, 6.07) is 6.90. The van der Waals surface area contributed by atoms with E-state index in [0.717, 1.165) is 0 Å². The minimum Gasteiger partial charge on any atom is -0.486 e. The van der Waals surface area contributed by atoms with Crippen LogP contribution < -0.4 is 4.74 Å². The molecule has 9 heteroatoms. The third-order valence-corrected chi connectivity index (χ3v) is 6.29. The van der Waals surface area contributed by atoms with Crippen LogP contribution in [0.5, 0.6) is 5.75 Å². The number of methoxy groups -OCH3 is 1. The lowest BCUT2D eigenvalue weighted by Crippen LogP contribution is -2.52. The summed E-state index contributed by atoms with van der Waals surface area (Å²) < 4.78 is 16.6. The van der Waals surface area contributed by atoms with Crippen LogP contribution in [0.15, 0.2) is 30.5 Å². The Labute approximate surface area is 203 Å². The Bertz CT molecular complexity index is 1150. The zero-order valence-electron chi connectivity index (χ0n) is 19.6. The average molecular weight is 487 g/mol. The summed E-state index contributed by atoms with van der Waals surface area (Å²) in [7, 11) is 1.27. The van der Waals surface area contributed by atoms with Gasteiger partial charge in [-0.1, -0.05) is 17.7 Å². The highest BCUT2D eigenvalue weighted by Crippen LogP contribution is 2.41. The number of hydrogen-bond donors (Lipinski definition) is 0. The molecule has 2 aliphatic rings. The largest absolute Gasteiger partial charge is 0.486 e. The zero-order chi connectivity index (χ0) is 24.7. The number of benzene rings is 1.